The Balaban J connectivity index is 1.96. The molecule has 0 saturated carbocycles. The average molecular weight is 280 g/mol. The Bertz CT molecular complexity index is 556. The molecule has 1 heterocycles. The maximum absolute atomic E-state index is 13.3. The number of nitrogens with one attached hydrogen (secondary N) is 2. The number of halogens is 1. The maximum Gasteiger partial charge on any atom is 0.123 e. The second-order valence-corrected chi connectivity index (χ2v) is 5.13. The second-order valence-electron chi connectivity index (χ2n) is 5.13. The molecule has 2 aromatic rings. The van der Waals surface area contributed by atoms with E-state index in [-0.39, 0.29) is 11.9 Å². The predicted octanol–water partition coefficient (Wildman–Crippen LogP) is 1.83. The lowest BCUT2D eigenvalue weighted by atomic mass is 10.1. The van der Waals surface area contributed by atoms with Gasteiger partial charge in [0.25, 0.3) is 0 Å². The lowest BCUT2D eigenvalue weighted by Gasteiger charge is -2.16. The molecule has 2 atom stereocenters. The van der Waals surface area contributed by atoms with E-state index in [4.69, 9.17) is 4.74 Å². The minimum Gasteiger partial charge on any atom is -0.389 e. The third-order valence-corrected chi connectivity index (χ3v) is 3.32. The normalized spacial score (nSPS) is 14.6. The molecule has 1 aromatic heterocycles. The predicted molar refractivity (Wildman–Crippen MR) is 77.3 cm³/mol. The molecule has 5 heteroatoms. The van der Waals surface area contributed by atoms with E-state index in [1.807, 2.05) is 13.1 Å². The zero-order chi connectivity index (χ0) is 14.5. The third-order valence-electron chi connectivity index (χ3n) is 3.32. The number of methoxy groups -OCH3 is 1. The van der Waals surface area contributed by atoms with Gasteiger partial charge in [-0.1, -0.05) is 0 Å². The summed E-state index contributed by atoms with van der Waals surface area (Å²) >= 11 is 0. The van der Waals surface area contributed by atoms with Crippen LogP contribution in [-0.2, 0) is 11.2 Å². The second kappa shape index (κ2) is 6.83. The molecular formula is C15H21FN2O2. The van der Waals surface area contributed by atoms with Crippen molar-refractivity contribution in [3.05, 3.63) is 35.8 Å². The van der Waals surface area contributed by atoms with Gasteiger partial charge in [0.2, 0.25) is 0 Å². The first kappa shape index (κ1) is 15.0. The number of hydrogen-bond acceptors (Lipinski definition) is 3. The van der Waals surface area contributed by atoms with Gasteiger partial charge >= 0.3 is 0 Å². The van der Waals surface area contributed by atoms with Crippen LogP contribution < -0.4 is 5.32 Å². The van der Waals surface area contributed by atoms with Gasteiger partial charge in [-0.3, -0.25) is 0 Å². The van der Waals surface area contributed by atoms with Crippen molar-refractivity contribution in [1.29, 1.82) is 0 Å². The van der Waals surface area contributed by atoms with Gasteiger partial charge in [-0.25, -0.2) is 4.39 Å². The smallest absolute Gasteiger partial charge is 0.123 e. The molecule has 3 N–H and O–H groups in total. The first-order chi connectivity index (χ1) is 9.60. The van der Waals surface area contributed by atoms with Gasteiger partial charge in [-0.05, 0) is 37.1 Å². The molecule has 0 bridgehead atoms. The zero-order valence-electron chi connectivity index (χ0n) is 11.8. The van der Waals surface area contributed by atoms with E-state index in [0.29, 0.717) is 13.2 Å². The summed E-state index contributed by atoms with van der Waals surface area (Å²) in [4.78, 5) is 3.14. The highest BCUT2D eigenvalue weighted by Gasteiger charge is 2.11. The topological polar surface area (TPSA) is 57.3 Å². The van der Waals surface area contributed by atoms with Crippen molar-refractivity contribution in [2.75, 3.05) is 20.3 Å². The Morgan fingerprint density at radius 2 is 2.25 bits per heavy atom. The summed E-state index contributed by atoms with van der Waals surface area (Å²) in [5.41, 5.74) is 2.01. The number of H-pyrrole nitrogens is 1. The van der Waals surface area contributed by atoms with Crippen LogP contribution in [0, 0.1) is 5.82 Å². The molecule has 110 valence electrons. The lowest BCUT2D eigenvalue weighted by molar-refractivity contribution is 0.0631. The van der Waals surface area contributed by atoms with E-state index in [1.54, 1.807) is 19.2 Å². The molecular weight excluding hydrogens is 259 g/mol. The molecule has 0 amide bonds. The van der Waals surface area contributed by atoms with Crippen LogP contribution in [0.25, 0.3) is 10.9 Å². The van der Waals surface area contributed by atoms with Crippen LogP contribution in [0.2, 0.25) is 0 Å². The van der Waals surface area contributed by atoms with E-state index in [9.17, 15) is 9.50 Å². The summed E-state index contributed by atoms with van der Waals surface area (Å²) in [5.74, 6) is -0.227. The van der Waals surface area contributed by atoms with Crippen LogP contribution in [0.5, 0.6) is 0 Å². The van der Waals surface area contributed by atoms with E-state index in [1.165, 1.54) is 6.07 Å². The van der Waals surface area contributed by atoms with Gasteiger partial charge in [-0.2, -0.15) is 0 Å². The molecule has 0 aliphatic carbocycles. The first-order valence-electron chi connectivity index (χ1n) is 6.76. The van der Waals surface area contributed by atoms with Crippen molar-refractivity contribution in [3.63, 3.8) is 0 Å². The molecule has 0 aliphatic rings. The Morgan fingerprint density at radius 3 is 3.00 bits per heavy atom. The minimum absolute atomic E-state index is 0.184. The number of rotatable bonds is 7. The molecule has 0 fully saturated rings. The summed E-state index contributed by atoms with van der Waals surface area (Å²) < 4.78 is 18.2. The van der Waals surface area contributed by atoms with Gasteiger partial charge in [-0.15, -0.1) is 0 Å². The van der Waals surface area contributed by atoms with Crippen LogP contribution in [0.1, 0.15) is 12.5 Å². The number of aromatic amines is 1. The monoisotopic (exact) mass is 280 g/mol. The van der Waals surface area contributed by atoms with Gasteiger partial charge in [0.1, 0.15) is 5.82 Å². The zero-order valence-corrected chi connectivity index (χ0v) is 11.8. The van der Waals surface area contributed by atoms with Crippen molar-refractivity contribution in [1.82, 2.24) is 10.3 Å². The number of hydrogen-bond donors (Lipinski definition) is 3. The number of fused-ring (bicyclic) bond motifs is 1. The molecule has 1 unspecified atom stereocenters. The third kappa shape index (κ3) is 3.79. The van der Waals surface area contributed by atoms with Crippen molar-refractivity contribution < 1.29 is 14.2 Å². The summed E-state index contributed by atoms with van der Waals surface area (Å²) in [5, 5.41) is 13.7. The van der Waals surface area contributed by atoms with E-state index >= 15 is 0 Å². The van der Waals surface area contributed by atoms with Gasteiger partial charge in [0.15, 0.2) is 0 Å². The molecule has 1 aromatic carbocycles. The Morgan fingerprint density at radius 1 is 1.45 bits per heavy atom. The first-order valence-corrected chi connectivity index (χ1v) is 6.76. The molecule has 20 heavy (non-hydrogen) atoms. The van der Waals surface area contributed by atoms with Gasteiger partial charge < -0.3 is 20.1 Å². The molecule has 2 rings (SSSR count). The quantitative estimate of drug-likeness (QED) is 0.725. The van der Waals surface area contributed by atoms with Crippen molar-refractivity contribution in [2.45, 2.75) is 25.5 Å². The van der Waals surface area contributed by atoms with Crippen LogP contribution in [-0.4, -0.2) is 42.5 Å². The Kier molecular flexibility index (Phi) is 5.11. The molecule has 0 saturated heterocycles. The molecule has 4 nitrogen and oxygen atoms in total. The summed E-state index contributed by atoms with van der Waals surface area (Å²) in [6.45, 7) is 2.83. The summed E-state index contributed by atoms with van der Waals surface area (Å²) in [6, 6.07) is 4.93. The van der Waals surface area contributed by atoms with Crippen LogP contribution >= 0.6 is 0 Å². The summed E-state index contributed by atoms with van der Waals surface area (Å²) in [7, 11) is 1.56. The Labute approximate surface area is 117 Å². The van der Waals surface area contributed by atoms with Crippen molar-refractivity contribution in [2.24, 2.45) is 0 Å². The van der Waals surface area contributed by atoms with Crippen LogP contribution in [0.4, 0.5) is 4.39 Å². The number of aromatic nitrogens is 1. The highest BCUT2D eigenvalue weighted by atomic mass is 19.1. The van der Waals surface area contributed by atoms with E-state index in [2.05, 4.69) is 10.3 Å². The average Bonchev–Trinajstić information content (AvgIpc) is 2.79. The van der Waals surface area contributed by atoms with Gasteiger partial charge in [0.05, 0.1) is 12.7 Å². The lowest BCUT2D eigenvalue weighted by Crippen LogP contribution is -2.36. The maximum atomic E-state index is 13.3. The van der Waals surface area contributed by atoms with E-state index < -0.39 is 6.10 Å². The van der Waals surface area contributed by atoms with Crippen LogP contribution in [0.3, 0.4) is 0 Å². The molecule has 0 aliphatic heterocycles. The van der Waals surface area contributed by atoms with E-state index in [0.717, 1.165) is 22.9 Å². The standard InChI is InChI=1S/C15H21FN2O2/c1-10(17-8-13(19)9-20-2)5-11-7-18-15-4-3-12(16)6-14(11)15/h3-4,6-7,10,13,17-19H,5,8-9H2,1-2H3/t10?,13-/m1/s1. The SMILES string of the molecule is COC[C@H](O)CNC(C)Cc1c[nH]c2ccc(F)cc12. The van der Waals surface area contributed by atoms with Crippen molar-refractivity contribution in [3.8, 4) is 0 Å². The Hall–Kier alpha value is -1.43. The number of benzene rings is 1. The number of aliphatic hydroxyl groups excluding tert-OH is 1. The number of ether oxygens (including phenoxy) is 1. The van der Waals surface area contributed by atoms with Gasteiger partial charge in [0, 0.05) is 36.8 Å². The highest BCUT2D eigenvalue weighted by Crippen LogP contribution is 2.20. The molecule has 0 radical (unpaired) electrons. The largest absolute Gasteiger partial charge is 0.389 e. The molecule has 0 spiro atoms. The summed E-state index contributed by atoms with van der Waals surface area (Å²) in [6.07, 6.45) is 2.17. The fraction of sp³-hybridized carbons (Fsp3) is 0.467. The highest BCUT2D eigenvalue weighted by molar-refractivity contribution is 5.83. The van der Waals surface area contributed by atoms with Crippen molar-refractivity contribution >= 4 is 10.9 Å². The fourth-order valence-electron chi connectivity index (χ4n) is 2.31. The minimum atomic E-state index is -0.511. The van der Waals surface area contributed by atoms with Crippen LogP contribution in [0.15, 0.2) is 24.4 Å². The number of aliphatic hydroxyl groups is 1. The fourth-order valence-corrected chi connectivity index (χ4v) is 2.31.